The van der Waals surface area contributed by atoms with E-state index in [4.69, 9.17) is 5.11 Å². The molecule has 1 amide bonds. The molecule has 0 radical (unpaired) electrons. The van der Waals surface area contributed by atoms with Crippen molar-refractivity contribution in [2.45, 2.75) is 44.9 Å². The van der Waals surface area contributed by atoms with Gasteiger partial charge in [-0.25, -0.2) is 0 Å². The van der Waals surface area contributed by atoms with Crippen LogP contribution < -0.4 is 0 Å². The van der Waals surface area contributed by atoms with Crippen LogP contribution in [0.4, 0.5) is 0 Å². The summed E-state index contributed by atoms with van der Waals surface area (Å²) in [6.45, 7) is 1.02. The Morgan fingerprint density at radius 3 is 2.80 bits per heavy atom. The van der Waals surface area contributed by atoms with Crippen LogP contribution in [0.3, 0.4) is 0 Å². The highest BCUT2D eigenvalue weighted by Gasteiger charge is 2.13. The second-order valence-electron chi connectivity index (χ2n) is 5.73. The third-order valence-electron chi connectivity index (χ3n) is 4.10. The molecule has 0 aliphatic heterocycles. The van der Waals surface area contributed by atoms with E-state index in [1.165, 1.54) is 24.0 Å². The molecule has 3 heteroatoms. The number of amides is 1. The van der Waals surface area contributed by atoms with Crippen LogP contribution in [0.2, 0.25) is 0 Å². The van der Waals surface area contributed by atoms with E-state index in [0.717, 1.165) is 37.8 Å². The maximum atomic E-state index is 12.2. The Balaban J connectivity index is 1.81. The van der Waals surface area contributed by atoms with Crippen molar-refractivity contribution in [1.82, 2.24) is 4.90 Å². The van der Waals surface area contributed by atoms with Crippen molar-refractivity contribution in [3.8, 4) is 0 Å². The van der Waals surface area contributed by atoms with E-state index in [1.54, 1.807) is 0 Å². The van der Waals surface area contributed by atoms with Gasteiger partial charge in [-0.15, -0.1) is 0 Å². The highest BCUT2D eigenvalue weighted by molar-refractivity contribution is 5.78. The van der Waals surface area contributed by atoms with Crippen LogP contribution in [0.5, 0.6) is 0 Å². The van der Waals surface area contributed by atoms with Crippen molar-refractivity contribution >= 4 is 5.91 Å². The number of likely N-dealkylation sites (N-methyl/N-ethyl adjacent to an activating group) is 1. The minimum atomic E-state index is 0.187. The summed E-state index contributed by atoms with van der Waals surface area (Å²) in [7, 11) is 1.87. The number of hydrogen-bond donors (Lipinski definition) is 1. The Kier molecular flexibility index (Phi) is 5.60. The van der Waals surface area contributed by atoms with Gasteiger partial charge in [-0.05, 0) is 55.2 Å². The number of aryl methyl sites for hydroxylation is 2. The SMILES string of the molecule is CN(CCCCCO)C(=O)Cc1ccc2c(c1)CCC2. The van der Waals surface area contributed by atoms with Gasteiger partial charge in [0, 0.05) is 20.2 Å². The molecule has 20 heavy (non-hydrogen) atoms. The number of nitrogens with zero attached hydrogens (tertiary/aromatic N) is 1. The number of carbonyl (C=O) groups is 1. The third kappa shape index (κ3) is 4.07. The molecule has 0 unspecified atom stereocenters. The fraction of sp³-hybridized carbons (Fsp3) is 0.588. The summed E-state index contributed by atoms with van der Waals surface area (Å²) in [6, 6.07) is 6.49. The van der Waals surface area contributed by atoms with Crippen LogP contribution in [-0.4, -0.2) is 36.1 Å². The molecule has 3 nitrogen and oxygen atoms in total. The molecule has 1 aromatic carbocycles. The summed E-state index contributed by atoms with van der Waals surface area (Å²) < 4.78 is 0. The van der Waals surface area contributed by atoms with E-state index < -0.39 is 0 Å². The van der Waals surface area contributed by atoms with Crippen molar-refractivity contribution in [2.24, 2.45) is 0 Å². The number of fused-ring (bicyclic) bond motifs is 1. The first-order chi connectivity index (χ1) is 9.70. The molecule has 0 atom stereocenters. The zero-order valence-electron chi connectivity index (χ0n) is 12.4. The normalized spacial score (nSPS) is 13.3. The summed E-state index contributed by atoms with van der Waals surface area (Å²) in [4.78, 5) is 14.0. The van der Waals surface area contributed by atoms with Gasteiger partial charge in [0.2, 0.25) is 5.91 Å². The van der Waals surface area contributed by atoms with Crippen LogP contribution in [-0.2, 0) is 24.1 Å². The minimum absolute atomic E-state index is 0.187. The lowest BCUT2D eigenvalue weighted by atomic mass is 10.0. The Hall–Kier alpha value is -1.35. The molecule has 1 aromatic rings. The van der Waals surface area contributed by atoms with Gasteiger partial charge in [0.15, 0.2) is 0 Å². The Bertz CT molecular complexity index is 456. The second kappa shape index (κ2) is 7.44. The van der Waals surface area contributed by atoms with Crippen LogP contribution >= 0.6 is 0 Å². The van der Waals surface area contributed by atoms with Crippen molar-refractivity contribution in [2.75, 3.05) is 20.2 Å². The van der Waals surface area contributed by atoms with Gasteiger partial charge in [0.1, 0.15) is 0 Å². The zero-order valence-corrected chi connectivity index (χ0v) is 12.4. The van der Waals surface area contributed by atoms with E-state index in [-0.39, 0.29) is 12.5 Å². The Morgan fingerprint density at radius 2 is 2.00 bits per heavy atom. The number of rotatable bonds is 7. The molecule has 0 aromatic heterocycles. The van der Waals surface area contributed by atoms with Crippen LogP contribution in [0.15, 0.2) is 18.2 Å². The smallest absolute Gasteiger partial charge is 0.226 e. The average molecular weight is 275 g/mol. The van der Waals surface area contributed by atoms with E-state index in [2.05, 4.69) is 18.2 Å². The molecule has 1 N–H and O–H groups in total. The molecule has 1 aliphatic rings. The van der Waals surface area contributed by atoms with Crippen LogP contribution in [0, 0.1) is 0 Å². The molecule has 0 fully saturated rings. The van der Waals surface area contributed by atoms with Crippen molar-refractivity contribution < 1.29 is 9.90 Å². The standard InChI is InChI=1S/C17H25NO2/c1-18(10-3-2-4-11-19)17(20)13-14-8-9-15-6-5-7-16(15)12-14/h8-9,12,19H,2-7,10-11,13H2,1H3. The van der Waals surface area contributed by atoms with Crippen molar-refractivity contribution in [3.05, 3.63) is 34.9 Å². The molecular formula is C17H25NO2. The highest BCUT2D eigenvalue weighted by Crippen LogP contribution is 2.23. The number of hydrogen-bond acceptors (Lipinski definition) is 2. The maximum Gasteiger partial charge on any atom is 0.226 e. The first-order valence-corrected chi connectivity index (χ1v) is 7.66. The molecular weight excluding hydrogens is 250 g/mol. The monoisotopic (exact) mass is 275 g/mol. The maximum absolute atomic E-state index is 12.2. The summed E-state index contributed by atoms with van der Waals surface area (Å²) in [5.41, 5.74) is 4.03. The fourth-order valence-corrected chi connectivity index (χ4v) is 2.81. The second-order valence-corrected chi connectivity index (χ2v) is 5.73. The first-order valence-electron chi connectivity index (χ1n) is 7.66. The lowest BCUT2D eigenvalue weighted by Crippen LogP contribution is -2.29. The van der Waals surface area contributed by atoms with E-state index in [1.807, 2.05) is 11.9 Å². The zero-order chi connectivity index (χ0) is 14.4. The topological polar surface area (TPSA) is 40.5 Å². The van der Waals surface area contributed by atoms with Gasteiger partial charge in [0.25, 0.3) is 0 Å². The van der Waals surface area contributed by atoms with E-state index in [0.29, 0.717) is 6.42 Å². The number of unbranched alkanes of at least 4 members (excludes halogenated alkanes) is 2. The summed E-state index contributed by atoms with van der Waals surface area (Å²) >= 11 is 0. The number of benzene rings is 1. The lowest BCUT2D eigenvalue weighted by Gasteiger charge is -2.17. The van der Waals surface area contributed by atoms with Gasteiger partial charge in [-0.1, -0.05) is 18.2 Å². The summed E-state index contributed by atoms with van der Waals surface area (Å²) in [5, 5.41) is 8.73. The fourth-order valence-electron chi connectivity index (χ4n) is 2.81. The molecule has 1 aliphatic carbocycles. The van der Waals surface area contributed by atoms with Gasteiger partial charge < -0.3 is 10.0 Å². The molecule has 0 saturated carbocycles. The minimum Gasteiger partial charge on any atom is -0.396 e. The molecule has 0 saturated heterocycles. The highest BCUT2D eigenvalue weighted by atomic mass is 16.2. The van der Waals surface area contributed by atoms with E-state index >= 15 is 0 Å². The average Bonchev–Trinajstić information content (AvgIpc) is 2.90. The molecule has 0 spiro atoms. The van der Waals surface area contributed by atoms with Gasteiger partial charge in [0.05, 0.1) is 6.42 Å². The summed E-state index contributed by atoms with van der Waals surface area (Å²) in [5.74, 6) is 0.187. The predicted octanol–water partition coefficient (Wildman–Crippen LogP) is 2.34. The third-order valence-corrected chi connectivity index (χ3v) is 4.10. The molecule has 0 bridgehead atoms. The lowest BCUT2D eigenvalue weighted by molar-refractivity contribution is -0.129. The van der Waals surface area contributed by atoms with Gasteiger partial charge >= 0.3 is 0 Å². The summed E-state index contributed by atoms with van der Waals surface area (Å²) in [6.07, 6.45) is 6.87. The van der Waals surface area contributed by atoms with Crippen molar-refractivity contribution in [1.29, 1.82) is 0 Å². The molecule has 110 valence electrons. The van der Waals surface area contributed by atoms with E-state index in [9.17, 15) is 4.79 Å². The Morgan fingerprint density at radius 1 is 1.20 bits per heavy atom. The van der Waals surface area contributed by atoms with Crippen LogP contribution in [0.1, 0.15) is 42.4 Å². The molecule has 2 rings (SSSR count). The number of aliphatic hydroxyl groups excluding tert-OH is 1. The quantitative estimate of drug-likeness (QED) is 0.776. The van der Waals surface area contributed by atoms with Gasteiger partial charge in [-0.3, -0.25) is 4.79 Å². The predicted molar refractivity (Wildman–Crippen MR) is 80.7 cm³/mol. The van der Waals surface area contributed by atoms with Crippen molar-refractivity contribution in [3.63, 3.8) is 0 Å². The molecule has 0 heterocycles. The number of carbonyl (C=O) groups excluding carboxylic acids is 1. The van der Waals surface area contributed by atoms with Crippen LogP contribution in [0.25, 0.3) is 0 Å². The largest absolute Gasteiger partial charge is 0.396 e. The Labute approximate surface area is 121 Å². The number of aliphatic hydroxyl groups is 1. The first kappa shape index (κ1) is 15.0. The van der Waals surface area contributed by atoms with Gasteiger partial charge in [-0.2, -0.15) is 0 Å².